The van der Waals surface area contributed by atoms with Crippen molar-refractivity contribution in [3.05, 3.63) is 68.9 Å². The van der Waals surface area contributed by atoms with Crippen molar-refractivity contribution in [3.63, 3.8) is 0 Å². The van der Waals surface area contributed by atoms with E-state index in [0.29, 0.717) is 37.6 Å². The standard InChI is InChI=1S/C21H26FN3O3/c1-15-13-19(26)20(21(27)23-7-8-25-9-11-28-12-10-25)18(24(15)2)14-16-5-3-4-6-17(16)22/h3-6,13H,7-12,14H2,1-2H3,(H,23,27). The fraction of sp³-hybridized carbons (Fsp3) is 0.429. The van der Waals surface area contributed by atoms with Gasteiger partial charge in [-0.15, -0.1) is 0 Å². The highest BCUT2D eigenvalue weighted by molar-refractivity contribution is 5.95. The molecule has 6 nitrogen and oxygen atoms in total. The van der Waals surface area contributed by atoms with Gasteiger partial charge in [0.05, 0.1) is 13.2 Å². The molecule has 0 saturated carbocycles. The van der Waals surface area contributed by atoms with Gasteiger partial charge in [0.1, 0.15) is 11.4 Å². The Morgan fingerprint density at radius 3 is 2.68 bits per heavy atom. The van der Waals surface area contributed by atoms with Crippen LogP contribution in [-0.2, 0) is 18.2 Å². The summed E-state index contributed by atoms with van der Waals surface area (Å²) in [5, 5.41) is 2.85. The van der Waals surface area contributed by atoms with Gasteiger partial charge >= 0.3 is 0 Å². The summed E-state index contributed by atoms with van der Waals surface area (Å²) in [6.45, 7) is 5.99. The minimum absolute atomic E-state index is 0.0818. The number of carbonyl (C=O) groups is 1. The monoisotopic (exact) mass is 387 g/mol. The second-order valence-corrected chi connectivity index (χ2v) is 7.01. The molecule has 0 bridgehead atoms. The molecule has 28 heavy (non-hydrogen) atoms. The van der Waals surface area contributed by atoms with Crippen molar-refractivity contribution in [2.24, 2.45) is 7.05 Å². The molecule has 1 aliphatic heterocycles. The number of amides is 1. The third-order valence-corrected chi connectivity index (χ3v) is 5.17. The third-order valence-electron chi connectivity index (χ3n) is 5.17. The second-order valence-electron chi connectivity index (χ2n) is 7.01. The molecule has 1 saturated heterocycles. The maximum atomic E-state index is 14.1. The molecule has 7 heteroatoms. The normalized spacial score (nSPS) is 14.8. The number of aromatic nitrogens is 1. The van der Waals surface area contributed by atoms with Crippen LogP contribution in [0.25, 0.3) is 0 Å². The number of nitrogens with zero attached hydrogens (tertiary/aromatic N) is 2. The zero-order valence-electron chi connectivity index (χ0n) is 16.3. The molecule has 1 aliphatic rings. The van der Waals surface area contributed by atoms with Crippen molar-refractivity contribution < 1.29 is 13.9 Å². The van der Waals surface area contributed by atoms with E-state index in [4.69, 9.17) is 4.74 Å². The first-order valence-corrected chi connectivity index (χ1v) is 9.48. The number of rotatable bonds is 6. The summed E-state index contributed by atoms with van der Waals surface area (Å²) in [7, 11) is 1.79. The maximum absolute atomic E-state index is 14.1. The number of ether oxygens (including phenoxy) is 1. The van der Waals surface area contributed by atoms with Crippen molar-refractivity contribution in [1.82, 2.24) is 14.8 Å². The SMILES string of the molecule is Cc1cc(=O)c(C(=O)NCCN2CCOCC2)c(Cc2ccccc2F)n1C. The van der Waals surface area contributed by atoms with Crippen LogP contribution < -0.4 is 10.7 Å². The van der Waals surface area contributed by atoms with Crippen molar-refractivity contribution in [1.29, 1.82) is 0 Å². The van der Waals surface area contributed by atoms with Crippen LogP contribution >= 0.6 is 0 Å². The summed E-state index contributed by atoms with van der Waals surface area (Å²) in [6, 6.07) is 7.86. The topological polar surface area (TPSA) is 63.6 Å². The van der Waals surface area contributed by atoms with E-state index < -0.39 is 5.91 Å². The first kappa shape index (κ1) is 20.2. The highest BCUT2D eigenvalue weighted by atomic mass is 19.1. The van der Waals surface area contributed by atoms with Gasteiger partial charge in [-0.3, -0.25) is 14.5 Å². The van der Waals surface area contributed by atoms with Crippen molar-refractivity contribution >= 4 is 5.91 Å². The maximum Gasteiger partial charge on any atom is 0.257 e. The summed E-state index contributed by atoms with van der Waals surface area (Å²) in [5.74, 6) is -0.768. The average Bonchev–Trinajstić information content (AvgIpc) is 2.68. The van der Waals surface area contributed by atoms with Crippen LogP contribution in [0.3, 0.4) is 0 Å². The average molecular weight is 387 g/mol. The molecule has 0 atom stereocenters. The molecule has 0 unspecified atom stereocenters. The van der Waals surface area contributed by atoms with Gasteiger partial charge in [0.15, 0.2) is 5.43 Å². The molecular weight excluding hydrogens is 361 g/mol. The summed E-state index contributed by atoms with van der Waals surface area (Å²) in [5.41, 5.74) is 1.43. The lowest BCUT2D eigenvalue weighted by Gasteiger charge is -2.26. The zero-order valence-corrected chi connectivity index (χ0v) is 16.3. The minimum Gasteiger partial charge on any atom is -0.379 e. The van der Waals surface area contributed by atoms with E-state index in [2.05, 4.69) is 10.2 Å². The van der Waals surface area contributed by atoms with Crippen LogP contribution in [0, 0.1) is 12.7 Å². The first-order chi connectivity index (χ1) is 13.5. The molecule has 2 aromatic rings. The largest absolute Gasteiger partial charge is 0.379 e. The number of morpholine rings is 1. The molecule has 1 fully saturated rings. The number of benzene rings is 1. The Morgan fingerprint density at radius 2 is 1.96 bits per heavy atom. The molecule has 0 spiro atoms. The molecule has 1 N–H and O–H groups in total. The summed E-state index contributed by atoms with van der Waals surface area (Å²) < 4.78 is 21.2. The first-order valence-electron chi connectivity index (χ1n) is 9.48. The number of halogens is 1. The van der Waals surface area contributed by atoms with Gasteiger partial charge in [-0.2, -0.15) is 0 Å². The quantitative estimate of drug-likeness (QED) is 0.816. The lowest BCUT2D eigenvalue weighted by Crippen LogP contribution is -2.42. The van der Waals surface area contributed by atoms with Gasteiger partial charge < -0.3 is 14.6 Å². The second kappa shape index (κ2) is 9.12. The Kier molecular flexibility index (Phi) is 6.59. The molecule has 1 amide bonds. The highest BCUT2D eigenvalue weighted by Crippen LogP contribution is 2.16. The highest BCUT2D eigenvalue weighted by Gasteiger charge is 2.20. The van der Waals surface area contributed by atoms with Gasteiger partial charge in [-0.05, 0) is 18.6 Å². The number of nitrogens with one attached hydrogen (secondary N) is 1. The van der Waals surface area contributed by atoms with Crippen LogP contribution in [-0.4, -0.2) is 54.8 Å². The molecule has 0 radical (unpaired) electrons. The van der Waals surface area contributed by atoms with Crippen LogP contribution in [0.4, 0.5) is 4.39 Å². The van der Waals surface area contributed by atoms with Crippen LogP contribution in [0.15, 0.2) is 35.1 Å². The smallest absolute Gasteiger partial charge is 0.257 e. The Hall–Kier alpha value is -2.51. The van der Waals surface area contributed by atoms with Gasteiger partial charge in [0.2, 0.25) is 0 Å². The van der Waals surface area contributed by atoms with Crippen LogP contribution in [0.5, 0.6) is 0 Å². The van der Waals surface area contributed by atoms with Crippen molar-refractivity contribution in [2.75, 3.05) is 39.4 Å². The van der Waals surface area contributed by atoms with Gasteiger partial charge in [0, 0.05) is 57.1 Å². The summed E-state index contributed by atoms with van der Waals surface area (Å²) >= 11 is 0. The Labute approximate surface area is 163 Å². The van der Waals surface area contributed by atoms with Crippen LogP contribution in [0.1, 0.15) is 27.3 Å². The Bertz CT molecular complexity index is 904. The van der Waals surface area contributed by atoms with E-state index in [9.17, 15) is 14.0 Å². The van der Waals surface area contributed by atoms with E-state index in [0.717, 1.165) is 18.8 Å². The molecule has 3 rings (SSSR count). The van der Waals surface area contributed by atoms with Gasteiger partial charge in [0.25, 0.3) is 5.91 Å². The number of carbonyl (C=O) groups excluding carboxylic acids is 1. The lowest BCUT2D eigenvalue weighted by molar-refractivity contribution is 0.0383. The van der Waals surface area contributed by atoms with Crippen molar-refractivity contribution in [2.45, 2.75) is 13.3 Å². The number of aryl methyl sites for hydroxylation is 1. The molecule has 150 valence electrons. The van der Waals surface area contributed by atoms with E-state index in [-0.39, 0.29) is 23.2 Å². The molecular formula is C21H26FN3O3. The zero-order chi connectivity index (χ0) is 20.1. The Morgan fingerprint density at radius 1 is 1.25 bits per heavy atom. The fourth-order valence-corrected chi connectivity index (χ4v) is 3.39. The van der Waals surface area contributed by atoms with E-state index >= 15 is 0 Å². The molecule has 1 aromatic heterocycles. The van der Waals surface area contributed by atoms with E-state index in [1.54, 1.807) is 36.7 Å². The number of pyridine rings is 1. The van der Waals surface area contributed by atoms with Crippen LogP contribution in [0.2, 0.25) is 0 Å². The summed E-state index contributed by atoms with van der Waals surface area (Å²) in [4.78, 5) is 27.6. The minimum atomic E-state index is -0.416. The van der Waals surface area contributed by atoms with E-state index in [1.807, 2.05) is 0 Å². The fourth-order valence-electron chi connectivity index (χ4n) is 3.39. The number of hydrogen-bond donors (Lipinski definition) is 1. The molecule has 0 aliphatic carbocycles. The van der Waals surface area contributed by atoms with Gasteiger partial charge in [-0.1, -0.05) is 18.2 Å². The predicted octanol–water partition coefficient (Wildman–Crippen LogP) is 1.49. The number of hydrogen-bond acceptors (Lipinski definition) is 4. The van der Waals surface area contributed by atoms with Crippen molar-refractivity contribution in [3.8, 4) is 0 Å². The van der Waals surface area contributed by atoms with E-state index in [1.165, 1.54) is 12.1 Å². The third kappa shape index (κ3) is 4.66. The molecule has 2 heterocycles. The molecule has 1 aromatic carbocycles. The predicted molar refractivity (Wildman–Crippen MR) is 105 cm³/mol. The van der Waals surface area contributed by atoms with Gasteiger partial charge in [-0.25, -0.2) is 4.39 Å². The lowest BCUT2D eigenvalue weighted by atomic mass is 10.0. The Balaban J connectivity index is 1.81. The summed E-state index contributed by atoms with van der Waals surface area (Å²) in [6.07, 6.45) is 0.173.